The van der Waals surface area contributed by atoms with Crippen LogP contribution in [0, 0.1) is 0 Å². The lowest BCUT2D eigenvalue weighted by Gasteiger charge is -1.95. The maximum atomic E-state index is 9.88. The number of rotatable bonds is 7. The normalized spacial score (nSPS) is 9.91. The van der Waals surface area contributed by atoms with E-state index in [1.165, 1.54) is 0 Å². The van der Waals surface area contributed by atoms with E-state index < -0.39 is 7.91 Å². The Morgan fingerprint density at radius 2 is 1.73 bits per heavy atom. The van der Waals surface area contributed by atoms with Gasteiger partial charge in [0.15, 0.2) is 0 Å². The molecule has 0 rings (SSSR count). The molecule has 0 unspecified atom stereocenters. The minimum absolute atomic E-state index is 0.309. The molecule has 0 fully saturated rings. The van der Waals surface area contributed by atoms with Crippen LogP contribution in [0.3, 0.4) is 0 Å². The van der Waals surface area contributed by atoms with Crippen molar-refractivity contribution < 1.29 is 13.7 Å². The zero-order chi connectivity index (χ0) is 8.53. The van der Waals surface area contributed by atoms with E-state index >= 15 is 0 Å². The Hall–Kier alpha value is -0.180. The fourth-order valence-electron chi connectivity index (χ4n) is 0.739. The minimum Gasteiger partial charge on any atom is -0.330 e. The molecule has 0 aliphatic carbocycles. The molecule has 0 radical (unpaired) electrons. The molecule has 0 aliphatic rings. The van der Waals surface area contributed by atoms with Gasteiger partial charge >= 0.3 is 7.91 Å². The summed E-state index contributed by atoms with van der Waals surface area (Å²) in [4.78, 5) is 0. The van der Waals surface area contributed by atoms with Crippen molar-refractivity contribution in [3.05, 3.63) is 0 Å². The first-order valence-electron chi connectivity index (χ1n) is 3.74. The summed E-state index contributed by atoms with van der Waals surface area (Å²) in [5.41, 5.74) is 5.26. The maximum Gasteiger partial charge on any atom is 0.468 e. The predicted molar refractivity (Wildman–Crippen MR) is 41.8 cm³/mol. The molecule has 0 aromatic rings. The molecule has 0 aromatic carbocycles. The van der Waals surface area contributed by atoms with Gasteiger partial charge in [-0.2, -0.15) is 0 Å². The highest BCUT2D eigenvalue weighted by molar-refractivity contribution is 7.24. The highest BCUT2D eigenvalue weighted by Crippen LogP contribution is 2.07. The van der Waals surface area contributed by atoms with Gasteiger partial charge in [0, 0.05) is 0 Å². The first-order valence-corrected chi connectivity index (χ1v) is 4.84. The summed E-state index contributed by atoms with van der Waals surface area (Å²) in [6.45, 7) is 1.01. The SMILES string of the molecule is NCCCCCCOP(=O)=O. The molecule has 0 aromatic heterocycles. The molecule has 0 spiro atoms. The molecule has 2 N–H and O–H groups in total. The van der Waals surface area contributed by atoms with Crippen molar-refractivity contribution in [3.8, 4) is 0 Å². The Morgan fingerprint density at radius 1 is 1.09 bits per heavy atom. The molecular weight excluding hydrogens is 165 g/mol. The molecule has 0 atom stereocenters. The number of hydrogen-bond acceptors (Lipinski definition) is 4. The van der Waals surface area contributed by atoms with Crippen LogP contribution >= 0.6 is 7.91 Å². The van der Waals surface area contributed by atoms with Crippen molar-refractivity contribution in [3.63, 3.8) is 0 Å². The van der Waals surface area contributed by atoms with Crippen molar-refractivity contribution in [2.45, 2.75) is 25.7 Å². The molecule has 0 aliphatic heterocycles. The Kier molecular flexibility index (Phi) is 7.79. The highest BCUT2D eigenvalue weighted by atomic mass is 31.1. The van der Waals surface area contributed by atoms with Crippen LogP contribution < -0.4 is 5.73 Å². The van der Waals surface area contributed by atoms with Crippen LogP contribution in [0.2, 0.25) is 0 Å². The van der Waals surface area contributed by atoms with Crippen LogP contribution in [0.4, 0.5) is 0 Å². The molecule has 66 valence electrons. The Labute approximate surface area is 67.0 Å². The Bertz CT molecular complexity index is 139. The Balaban J connectivity index is 2.90. The van der Waals surface area contributed by atoms with Gasteiger partial charge in [-0.3, -0.25) is 4.52 Å². The third kappa shape index (κ3) is 9.82. The molecule has 0 saturated heterocycles. The zero-order valence-electron chi connectivity index (χ0n) is 6.49. The summed E-state index contributed by atoms with van der Waals surface area (Å²) in [6.07, 6.45) is 3.84. The minimum atomic E-state index is -2.65. The van der Waals surface area contributed by atoms with Crippen molar-refractivity contribution >= 4 is 7.91 Å². The average Bonchev–Trinajstić information content (AvgIpc) is 1.96. The average molecular weight is 179 g/mol. The monoisotopic (exact) mass is 179 g/mol. The van der Waals surface area contributed by atoms with Crippen molar-refractivity contribution in [2.75, 3.05) is 13.2 Å². The van der Waals surface area contributed by atoms with Gasteiger partial charge in [-0.1, -0.05) is 12.8 Å². The predicted octanol–water partition coefficient (Wildman–Crippen LogP) is 1.61. The third-order valence-corrected chi connectivity index (χ3v) is 1.69. The van der Waals surface area contributed by atoms with E-state index in [4.69, 9.17) is 5.73 Å². The summed E-state index contributed by atoms with van der Waals surface area (Å²) in [5, 5.41) is 0. The first-order chi connectivity index (χ1) is 5.27. The van der Waals surface area contributed by atoms with E-state index in [-0.39, 0.29) is 0 Å². The number of unbranched alkanes of at least 4 members (excludes halogenated alkanes) is 3. The van der Waals surface area contributed by atoms with Gasteiger partial charge in [-0.25, -0.2) is 9.13 Å². The number of hydrogen-bond donors (Lipinski definition) is 1. The highest BCUT2D eigenvalue weighted by Gasteiger charge is 1.91. The summed E-state index contributed by atoms with van der Waals surface area (Å²) in [7, 11) is -2.65. The van der Waals surface area contributed by atoms with Gasteiger partial charge in [-0.05, 0) is 19.4 Å². The fourth-order valence-corrected chi connectivity index (χ4v) is 1.02. The lowest BCUT2D eigenvalue weighted by atomic mass is 10.2. The second-order valence-corrected chi connectivity index (χ2v) is 2.97. The van der Waals surface area contributed by atoms with Crippen LogP contribution in [0.5, 0.6) is 0 Å². The molecule has 0 bridgehead atoms. The first kappa shape index (κ1) is 10.8. The summed E-state index contributed by atoms with van der Waals surface area (Å²) in [5.74, 6) is 0. The van der Waals surface area contributed by atoms with Gasteiger partial charge in [-0.15, -0.1) is 0 Å². The summed E-state index contributed by atoms with van der Waals surface area (Å²) >= 11 is 0. The lowest BCUT2D eigenvalue weighted by molar-refractivity contribution is 0.294. The van der Waals surface area contributed by atoms with Gasteiger partial charge in [0.05, 0.1) is 6.61 Å². The van der Waals surface area contributed by atoms with E-state index in [1.54, 1.807) is 0 Å². The van der Waals surface area contributed by atoms with Gasteiger partial charge in [0.25, 0.3) is 0 Å². The maximum absolute atomic E-state index is 9.88. The molecule has 0 amide bonds. The summed E-state index contributed by atoms with van der Waals surface area (Å²) in [6, 6.07) is 0. The lowest BCUT2D eigenvalue weighted by Crippen LogP contribution is -1.97. The topological polar surface area (TPSA) is 69.4 Å². The quantitative estimate of drug-likeness (QED) is 0.476. The molecular formula is C6H14NO3P. The second-order valence-electron chi connectivity index (χ2n) is 2.26. The van der Waals surface area contributed by atoms with Crippen LogP contribution in [0.25, 0.3) is 0 Å². The van der Waals surface area contributed by atoms with Crippen LogP contribution in [0.1, 0.15) is 25.7 Å². The molecule has 11 heavy (non-hydrogen) atoms. The Morgan fingerprint density at radius 3 is 2.27 bits per heavy atom. The van der Waals surface area contributed by atoms with Crippen LogP contribution in [0.15, 0.2) is 0 Å². The fraction of sp³-hybridized carbons (Fsp3) is 1.00. The zero-order valence-corrected chi connectivity index (χ0v) is 7.39. The van der Waals surface area contributed by atoms with E-state index in [1.807, 2.05) is 0 Å². The van der Waals surface area contributed by atoms with Crippen LogP contribution in [-0.2, 0) is 13.7 Å². The van der Waals surface area contributed by atoms with E-state index in [0.29, 0.717) is 13.2 Å². The molecule has 4 nitrogen and oxygen atoms in total. The molecule has 5 heteroatoms. The van der Waals surface area contributed by atoms with Gasteiger partial charge < -0.3 is 5.73 Å². The van der Waals surface area contributed by atoms with Crippen molar-refractivity contribution in [1.29, 1.82) is 0 Å². The van der Waals surface area contributed by atoms with E-state index in [0.717, 1.165) is 25.7 Å². The van der Waals surface area contributed by atoms with E-state index in [9.17, 15) is 9.13 Å². The van der Waals surface area contributed by atoms with Crippen molar-refractivity contribution in [2.24, 2.45) is 5.73 Å². The molecule has 0 saturated carbocycles. The van der Waals surface area contributed by atoms with Crippen LogP contribution in [-0.4, -0.2) is 13.2 Å². The summed E-state index contributed by atoms with van der Waals surface area (Å²) < 4.78 is 24.1. The van der Waals surface area contributed by atoms with Gasteiger partial charge in [0.2, 0.25) is 0 Å². The van der Waals surface area contributed by atoms with Gasteiger partial charge in [0.1, 0.15) is 0 Å². The van der Waals surface area contributed by atoms with E-state index in [2.05, 4.69) is 4.52 Å². The third-order valence-electron chi connectivity index (χ3n) is 1.30. The molecule has 0 heterocycles. The second kappa shape index (κ2) is 7.92. The largest absolute Gasteiger partial charge is 0.468 e. The standard InChI is InChI=1S/C6H14NO3P/c7-5-3-1-2-4-6-10-11(8)9/h1-7H2. The smallest absolute Gasteiger partial charge is 0.330 e. The van der Waals surface area contributed by atoms with Crippen molar-refractivity contribution in [1.82, 2.24) is 0 Å². The number of nitrogens with two attached hydrogens (primary N) is 1.